The van der Waals surface area contributed by atoms with Crippen molar-refractivity contribution in [3.63, 3.8) is 0 Å². The van der Waals surface area contributed by atoms with Crippen LogP contribution in [-0.4, -0.2) is 29.1 Å². The van der Waals surface area contributed by atoms with Crippen LogP contribution in [0.1, 0.15) is 50.1 Å². The second-order valence-corrected chi connectivity index (χ2v) is 6.53. The number of aliphatic hydroxyl groups excluding tert-OH is 1. The van der Waals surface area contributed by atoms with E-state index in [-0.39, 0.29) is 10.6 Å². The predicted octanol–water partition coefficient (Wildman–Crippen LogP) is 5.60. The van der Waals surface area contributed by atoms with E-state index in [2.05, 4.69) is 0 Å². The summed E-state index contributed by atoms with van der Waals surface area (Å²) in [5.74, 6) is -7.28. The molecule has 2 aliphatic carbocycles. The molecular weight excluding hydrogens is 370 g/mol. The zero-order valence-corrected chi connectivity index (χ0v) is 14.4. The first-order valence-corrected chi connectivity index (χ1v) is 8.76. The van der Waals surface area contributed by atoms with E-state index in [1.54, 1.807) is 0 Å². The van der Waals surface area contributed by atoms with E-state index in [0.29, 0.717) is 11.8 Å². The van der Waals surface area contributed by atoms with E-state index in [4.69, 9.17) is 4.74 Å². The summed E-state index contributed by atoms with van der Waals surface area (Å²) in [7, 11) is 0. The lowest BCUT2D eigenvalue weighted by atomic mass is 9.91. The summed E-state index contributed by atoms with van der Waals surface area (Å²) in [6, 6.07) is 1.41. The maximum absolute atomic E-state index is 14.1. The summed E-state index contributed by atoms with van der Waals surface area (Å²) >= 11 is 0.532. The van der Waals surface area contributed by atoms with Crippen molar-refractivity contribution in [2.45, 2.75) is 61.8 Å². The summed E-state index contributed by atoms with van der Waals surface area (Å²) in [5.41, 5.74) is -1.02. The van der Waals surface area contributed by atoms with Gasteiger partial charge in [-0.15, -0.1) is 0 Å². The van der Waals surface area contributed by atoms with E-state index in [0.717, 1.165) is 6.07 Å². The summed E-state index contributed by atoms with van der Waals surface area (Å²) in [6.45, 7) is 4.00. The van der Waals surface area contributed by atoms with Crippen molar-refractivity contribution in [2.24, 2.45) is 0 Å². The van der Waals surface area contributed by atoms with Crippen LogP contribution in [0.15, 0.2) is 17.0 Å². The standard InChI is InChI=1S/C14H12F6O2S.C2H6/c15-5-23-8-2-1-7(22-6-3-13(17,18)4-6)9-10(8)12(21)14(19,20)11(9)16;1-2/h1-2,6,11-12,21H,3-5H2;1-2H3. The lowest BCUT2D eigenvalue weighted by Crippen LogP contribution is -2.43. The lowest BCUT2D eigenvalue weighted by molar-refractivity contribution is -0.145. The first kappa shape index (κ1) is 20.2. The average Bonchev–Trinajstić information content (AvgIpc) is 2.71. The van der Waals surface area contributed by atoms with Crippen molar-refractivity contribution in [3.8, 4) is 5.75 Å². The highest BCUT2D eigenvalue weighted by molar-refractivity contribution is 7.99. The zero-order valence-electron chi connectivity index (χ0n) is 13.5. The second kappa shape index (κ2) is 7.26. The van der Waals surface area contributed by atoms with Gasteiger partial charge in [0, 0.05) is 28.9 Å². The van der Waals surface area contributed by atoms with Gasteiger partial charge in [0.2, 0.25) is 0 Å². The lowest BCUT2D eigenvalue weighted by Gasteiger charge is -2.35. The molecule has 3 rings (SSSR count). The molecule has 2 atom stereocenters. The van der Waals surface area contributed by atoms with Gasteiger partial charge in [0.05, 0.1) is 0 Å². The second-order valence-electron chi connectivity index (χ2n) is 5.59. The minimum atomic E-state index is -4.09. The van der Waals surface area contributed by atoms with Crippen molar-refractivity contribution in [1.29, 1.82) is 0 Å². The molecule has 2 nitrogen and oxygen atoms in total. The Hall–Kier alpha value is -1.09. The van der Waals surface area contributed by atoms with Crippen LogP contribution < -0.4 is 4.74 Å². The number of aliphatic hydroxyl groups is 1. The molecule has 1 fully saturated rings. The Labute approximate surface area is 145 Å². The van der Waals surface area contributed by atoms with Crippen LogP contribution in [0.2, 0.25) is 0 Å². The minimum absolute atomic E-state index is 0.0267. The monoisotopic (exact) mass is 388 g/mol. The van der Waals surface area contributed by atoms with Gasteiger partial charge in [0.1, 0.15) is 24.0 Å². The SMILES string of the molecule is CC.OC1c2c(SCF)ccc(OC3CC(F)(F)C3)c2C(F)C1(F)F. The Balaban J connectivity index is 0.00000109. The third-order valence-corrected chi connectivity index (χ3v) is 4.77. The fourth-order valence-corrected chi connectivity index (χ4v) is 3.48. The molecule has 1 saturated carbocycles. The Morgan fingerprint density at radius 3 is 2.28 bits per heavy atom. The zero-order chi connectivity index (χ0) is 19.0. The van der Waals surface area contributed by atoms with Gasteiger partial charge in [0.15, 0.2) is 6.17 Å². The van der Waals surface area contributed by atoms with Gasteiger partial charge < -0.3 is 9.84 Å². The van der Waals surface area contributed by atoms with Crippen LogP contribution in [0.3, 0.4) is 0 Å². The molecule has 1 aromatic rings. The first-order valence-electron chi connectivity index (χ1n) is 7.77. The molecule has 142 valence electrons. The van der Waals surface area contributed by atoms with Crippen molar-refractivity contribution >= 4 is 11.8 Å². The van der Waals surface area contributed by atoms with Gasteiger partial charge in [-0.1, -0.05) is 25.6 Å². The molecule has 0 bridgehead atoms. The van der Waals surface area contributed by atoms with Gasteiger partial charge in [-0.25, -0.2) is 17.6 Å². The van der Waals surface area contributed by atoms with Crippen LogP contribution >= 0.6 is 11.8 Å². The van der Waals surface area contributed by atoms with Crippen LogP contribution in [0.25, 0.3) is 0 Å². The molecule has 9 heteroatoms. The Bertz CT molecular complexity index is 617. The van der Waals surface area contributed by atoms with E-state index in [1.165, 1.54) is 6.07 Å². The van der Waals surface area contributed by atoms with E-state index < -0.39 is 60.2 Å². The highest BCUT2D eigenvalue weighted by Crippen LogP contribution is 2.58. The predicted molar refractivity (Wildman–Crippen MR) is 82.0 cm³/mol. The van der Waals surface area contributed by atoms with E-state index in [1.807, 2.05) is 13.8 Å². The molecule has 0 radical (unpaired) electrons. The number of fused-ring (bicyclic) bond motifs is 1. The molecule has 1 N–H and O–H groups in total. The molecular formula is C16H18F6O2S. The molecule has 0 amide bonds. The third-order valence-electron chi connectivity index (χ3n) is 3.99. The van der Waals surface area contributed by atoms with Gasteiger partial charge in [0.25, 0.3) is 5.92 Å². The van der Waals surface area contributed by atoms with Gasteiger partial charge >= 0.3 is 5.92 Å². The van der Waals surface area contributed by atoms with Crippen LogP contribution in [0.5, 0.6) is 5.75 Å². The topological polar surface area (TPSA) is 29.5 Å². The number of thioether (sulfide) groups is 1. The largest absolute Gasteiger partial charge is 0.490 e. The number of rotatable bonds is 4. The number of ether oxygens (including phenoxy) is 1. The molecule has 0 saturated heterocycles. The van der Waals surface area contributed by atoms with Crippen molar-refractivity contribution < 1.29 is 36.2 Å². The summed E-state index contributed by atoms with van der Waals surface area (Å²) in [6.07, 6.45) is -7.36. The van der Waals surface area contributed by atoms with Gasteiger partial charge in [-0.3, -0.25) is 0 Å². The highest BCUT2D eigenvalue weighted by Gasteiger charge is 2.58. The smallest absolute Gasteiger partial charge is 0.312 e. The highest BCUT2D eigenvalue weighted by atomic mass is 32.2. The van der Waals surface area contributed by atoms with Gasteiger partial charge in [-0.05, 0) is 12.1 Å². The number of hydrogen-bond donors (Lipinski definition) is 1. The molecule has 0 heterocycles. The van der Waals surface area contributed by atoms with Crippen molar-refractivity contribution in [1.82, 2.24) is 0 Å². The fourth-order valence-electron chi connectivity index (χ4n) is 2.82. The molecule has 0 aromatic heterocycles. The van der Waals surface area contributed by atoms with Crippen LogP contribution in [0.4, 0.5) is 26.3 Å². The molecule has 1 aromatic carbocycles. The quantitative estimate of drug-likeness (QED) is 0.538. The molecule has 2 aliphatic rings. The van der Waals surface area contributed by atoms with E-state index in [9.17, 15) is 31.4 Å². The number of halogens is 6. The summed E-state index contributed by atoms with van der Waals surface area (Å²) in [4.78, 5) is -0.0267. The van der Waals surface area contributed by atoms with Crippen molar-refractivity contribution in [3.05, 3.63) is 23.3 Å². The molecule has 2 unspecified atom stereocenters. The van der Waals surface area contributed by atoms with Crippen LogP contribution in [-0.2, 0) is 0 Å². The molecule has 25 heavy (non-hydrogen) atoms. The number of hydrogen-bond acceptors (Lipinski definition) is 3. The number of benzene rings is 1. The van der Waals surface area contributed by atoms with Crippen LogP contribution in [0, 0.1) is 0 Å². The van der Waals surface area contributed by atoms with Gasteiger partial charge in [-0.2, -0.15) is 8.78 Å². The Kier molecular flexibility index (Phi) is 5.88. The first-order chi connectivity index (χ1) is 11.7. The average molecular weight is 388 g/mol. The Morgan fingerprint density at radius 2 is 1.76 bits per heavy atom. The van der Waals surface area contributed by atoms with E-state index >= 15 is 0 Å². The number of alkyl halides is 6. The summed E-state index contributed by atoms with van der Waals surface area (Å²) < 4.78 is 85.0. The van der Waals surface area contributed by atoms with Crippen molar-refractivity contribution in [2.75, 3.05) is 6.01 Å². The maximum Gasteiger partial charge on any atom is 0.312 e. The fraction of sp³-hybridized carbons (Fsp3) is 0.625. The normalized spacial score (nSPS) is 26.3. The minimum Gasteiger partial charge on any atom is -0.490 e. The molecule has 0 aliphatic heterocycles. The summed E-state index contributed by atoms with van der Waals surface area (Å²) in [5, 5.41) is 9.70. The maximum atomic E-state index is 14.1. The Morgan fingerprint density at radius 1 is 1.16 bits per heavy atom. The molecule has 0 spiro atoms. The third kappa shape index (κ3) is 3.58.